The van der Waals surface area contributed by atoms with Crippen LogP contribution in [0, 0.1) is 5.92 Å². The minimum atomic E-state index is -0.0562. The second-order valence-electron chi connectivity index (χ2n) is 7.10. The van der Waals surface area contributed by atoms with Gasteiger partial charge in [-0.15, -0.1) is 0 Å². The number of benzene rings is 1. The molecule has 2 amide bonds. The lowest BCUT2D eigenvalue weighted by atomic mass is 9.95. The van der Waals surface area contributed by atoms with E-state index in [1.165, 1.54) is 0 Å². The second kappa shape index (κ2) is 8.43. The van der Waals surface area contributed by atoms with E-state index < -0.39 is 0 Å². The summed E-state index contributed by atoms with van der Waals surface area (Å²) in [6.45, 7) is 4.32. The minimum Gasteiger partial charge on any atom is -0.493 e. The monoisotopic (exact) mass is 360 g/mol. The van der Waals surface area contributed by atoms with Crippen LogP contribution in [0.2, 0.25) is 0 Å². The van der Waals surface area contributed by atoms with E-state index in [1.54, 1.807) is 18.9 Å². The molecule has 26 heavy (non-hydrogen) atoms. The third kappa shape index (κ3) is 4.29. The van der Waals surface area contributed by atoms with Gasteiger partial charge in [0.25, 0.3) is 0 Å². The molecule has 0 aromatic heterocycles. The molecular formula is C20H28N2O4. The summed E-state index contributed by atoms with van der Waals surface area (Å²) in [4.78, 5) is 28.1. The number of likely N-dealkylation sites (tertiary alicyclic amines) is 2. The molecule has 0 radical (unpaired) electrons. The van der Waals surface area contributed by atoms with Gasteiger partial charge < -0.3 is 19.3 Å². The van der Waals surface area contributed by atoms with Crippen LogP contribution in [-0.2, 0) is 9.59 Å². The van der Waals surface area contributed by atoms with Crippen LogP contribution in [0.5, 0.6) is 11.5 Å². The molecule has 6 heteroatoms. The first-order valence-electron chi connectivity index (χ1n) is 9.42. The Balaban J connectivity index is 1.51. The molecule has 0 aliphatic carbocycles. The zero-order valence-corrected chi connectivity index (χ0v) is 15.6. The summed E-state index contributed by atoms with van der Waals surface area (Å²) in [5.41, 5.74) is 0. The average Bonchev–Trinajstić information content (AvgIpc) is 2.68. The predicted molar refractivity (Wildman–Crippen MR) is 98.2 cm³/mol. The Labute approximate surface area is 155 Å². The molecule has 0 saturated carbocycles. The highest BCUT2D eigenvalue weighted by Gasteiger charge is 2.32. The predicted octanol–water partition coefficient (Wildman–Crippen LogP) is 2.32. The van der Waals surface area contributed by atoms with Gasteiger partial charge in [-0.25, -0.2) is 0 Å². The number of para-hydroxylation sites is 2. The number of nitrogens with zero attached hydrogens (tertiary/aromatic N) is 2. The zero-order chi connectivity index (χ0) is 18.5. The summed E-state index contributed by atoms with van der Waals surface area (Å²) in [5, 5.41) is 0. The maximum absolute atomic E-state index is 12.8. The van der Waals surface area contributed by atoms with Gasteiger partial charge in [-0.05, 0) is 25.0 Å². The molecule has 0 unspecified atom stereocenters. The van der Waals surface area contributed by atoms with Gasteiger partial charge in [0.2, 0.25) is 11.8 Å². The Morgan fingerprint density at radius 3 is 2.35 bits per heavy atom. The van der Waals surface area contributed by atoms with Gasteiger partial charge in [-0.1, -0.05) is 12.1 Å². The molecule has 2 heterocycles. The van der Waals surface area contributed by atoms with Crippen molar-refractivity contribution in [3.8, 4) is 11.5 Å². The lowest BCUT2D eigenvalue weighted by Crippen LogP contribution is -2.49. The number of carbonyl (C=O) groups is 2. The molecule has 1 aromatic rings. The van der Waals surface area contributed by atoms with Crippen LogP contribution in [0.4, 0.5) is 0 Å². The third-order valence-corrected chi connectivity index (χ3v) is 5.33. The second-order valence-corrected chi connectivity index (χ2v) is 7.10. The Kier molecular flexibility index (Phi) is 6.01. The normalized spacial score (nSPS) is 21.4. The van der Waals surface area contributed by atoms with E-state index in [0.29, 0.717) is 19.6 Å². The molecule has 0 N–H and O–H groups in total. The standard InChI is InChI=1S/C20H28N2O4/c1-15(23)22-11-5-6-16(14-22)20(24)21-12-9-17(10-13-21)26-19-8-4-3-7-18(19)25-2/h3-4,7-8,16-17H,5-6,9-14H2,1-2H3/t16-/m0/s1. The van der Waals surface area contributed by atoms with Crippen molar-refractivity contribution in [3.63, 3.8) is 0 Å². The summed E-state index contributed by atoms with van der Waals surface area (Å²) in [5.74, 6) is 1.68. The van der Waals surface area contributed by atoms with E-state index in [2.05, 4.69) is 0 Å². The fourth-order valence-corrected chi connectivity index (χ4v) is 3.81. The van der Waals surface area contributed by atoms with E-state index >= 15 is 0 Å². The molecule has 0 spiro atoms. The minimum absolute atomic E-state index is 0.0562. The molecule has 2 aliphatic heterocycles. The first kappa shape index (κ1) is 18.5. The van der Waals surface area contributed by atoms with Gasteiger partial charge in [-0.3, -0.25) is 9.59 Å². The number of hydrogen-bond donors (Lipinski definition) is 0. The molecule has 2 saturated heterocycles. The molecule has 142 valence electrons. The van der Waals surface area contributed by atoms with Crippen molar-refractivity contribution in [1.29, 1.82) is 0 Å². The largest absolute Gasteiger partial charge is 0.493 e. The number of methoxy groups -OCH3 is 1. The first-order valence-corrected chi connectivity index (χ1v) is 9.42. The Hall–Kier alpha value is -2.24. The average molecular weight is 360 g/mol. The SMILES string of the molecule is COc1ccccc1OC1CCN(C(=O)[C@H]2CCCN(C(C)=O)C2)CC1. The molecular weight excluding hydrogens is 332 g/mol. The van der Waals surface area contributed by atoms with Gasteiger partial charge in [0.1, 0.15) is 6.10 Å². The summed E-state index contributed by atoms with van der Waals surface area (Å²) < 4.78 is 11.4. The van der Waals surface area contributed by atoms with Crippen molar-refractivity contribution in [1.82, 2.24) is 9.80 Å². The van der Waals surface area contributed by atoms with Crippen molar-refractivity contribution in [2.45, 2.75) is 38.7 Å². The topological polar surface area (TPSA) is 59.1 Å². The van der Waals surface area contributed by atoms with Gasteiger partial charge >= 0.3 is 0 Å². The number of piperidine rings is 2. The lowest BCUT2D eigenvalue weighted by Gasteiger charge is -2.37. The summed E-state index contributed by atoms with van der Waals surface area (Å²) >= 11 is 0. The number of rotatable bonds is 4. The van der Waals surface area contributed by atoms with Crippen LogP contribution in [-0.4, -0.2) is 61.0 Å². The molecule has 3 rings (SSSR count). The van der Waals surface area contributed by atoms with Gasteiger partial charge in [0.05, 0.1) is 13.0 Å². The molecule has 1 atom stereocenters. The molecule has 0 bridgehead atoms. The third-order valence-electron chi connectivity index (χ3n) is 5.33. The maximum atomic E-state index is 12.8. The van der Waals surface area contributed by atoms with E-state index in [4.69, 9.17) is 9.47 Å². The summed E-state index contributed by atoms with van der Waals surface area (Å²) in [7, 11) is 1.64. The highest BCUT2D eigenvalue weighted by Crippen LogP contribution is 2.29. The van der Waals surface area contributed by atoms with Crippen molar-refractivity contribution in [3.05, 3.63) is 24.3 Å². The van der Waals surface area contributed by atoms with Crippen molar-refractivity contribution in [2.24, 2.45) is 5.92 Å². The van der Waals surface area contributed by atoms with Crippen molar-refractivity contribution < 1.29 is 19.1 Å². The Bertz CT molecular complexity index is 640. The van der Waals surface area contributed by atoms with E-state index in [1.807, 2.05) is 29.2 Å². The van der Waals surface area contributed by atoms with Crippen molar-refractivity contribution in [2.75, 3.05) is 33.3 Å². The summed E-state index contributed by atoms with van der Waals surface area (Å²) in [6, 6.07) is 7.65. The fraction of sp³-hybridized carbons (Fsp3) is 0.600. The molecule has 2 fully saturated rings. The van der Waals surface area contributed by atoms with Crippen LogP contribution in [0.25, 0.3) is 0 Å². The molecule has 6 nitrogen and oxygen atoms in total. The fourth-order valence-electron chi connectivity index (χ4n) is 3.81. The number of carbonyl (C=O) groups excluding carboxylic acids is 2. The van der Waals surface area contributed by atoms with E-state index in [0.717, 1.165) is 43.7 Å². The highest BCUT2D eigenvalue weighted by molar-refractivity contribution is 5.81. The number of ether oxygens (including phenoxy) is 2. The molecule has 1 aromatic carbocycles. The van der Waals surface area contributed by atoms with Gasteiger partial charge in [0.15, 0.2) is 11.5 Å². The van der Waals surface area contributed by atoms with E-state index in [-0.39, 0.29) is 23.8 Å². The Morgan fingerprint density at radius 2 is 1.69 bits per heavy atom. The summed E-state index contributed by atoms with van der Waals surface area (Å²) in [6.07, 6.45) is 3.50. The van der Waals surface area contributed by atoms with Crippen LogP contribution in [0.3, 0.4) is 0 Å². The first-order chi connectivity index (χ1) is 12.6. The molecule has 2 aliphatic rings. The van der Waals surface area contributed by atoms with Crippen LogP contribution in [0.15, 0.2) is 24.3 Å². The number of amides is 2. The number of hydrogen-bond acceptors (Lipinski definition) is 4. The highest BCUT2D eigenvalue weighted by atomic mass is 16.5. The van der Waals surface area contributed by atoms with Crippen LogP contribution in [0.1, 0.15) is 32.6 Å². The van der Waals surface area contributed by atoms with Crippen molar-refractivity contribution >= 4 is 11.8 Å². The maximum Gasteiger partial charge on any atom is 0.227 e. The van der Waals surface area contributed by atoms with Gasteiger partial charge in [0, 0.05) is 45.9 Å². The Morgan fingerprint density at radius 1 is 1.00 bits per heavy atom. The van der Waals surface area contributed by atoms with Gasteiger partial charge in [-0.2, -0.15) is 0 Å². The van der Waals surface area contributed by atoms with Crippen LogP contribution < -0.4 is 9.47 Å². The smallest absolute Gasteiger partial charge is 0.227 e. The lowest BCUT2D eigenvalue weighted by molar-refractivity contribution is -0.141. The van der Waals surface area contributed by atoms with E-state index in [9.17, 15) is 9.59 Å². The zero-order valence-electron chi connectivity index (χ0n) is 15.6. The van der Waals surface area contributed by atoms with Crippen LogP contribution >= 0.6 is 0 Å². The quantitative estimate of drug-likeness (QED) is 0.827.